The summed E-state index contributed by atoms with van der Waals surface area (Å²) < 4.78 is 5.06. The fourth-order valence-electron chi connectivity index (χ4n) is 1.80. The smallest absolute Gasteiger partial charge is 0.338 e. The Kier molecular flexibility index (Phi) is 4.24. The van der Waals surface area contributed by atoms with Crippen LogP contribution in [0.4, 0.5) is 0 Å². The number of pyridine rings is 2. The van der Waals surface area contributed by atoms with Crippen LogP contribution in [0.3, 0.4) is 0 Å². The monoisotopic (exact) mass is 290 g/mol. The number of ether oxygens (including phenoxy) is 1. The summed E-state index contributed by atoms with van der Waals surface area (Å²) in [6, 6.07) is 7.08. The maximum absolute atomic E-state index is 11.4. The van der Waals surface area contributed by atoms with Crippen molar-refractivity contribution in [2.24, 2.45) is 0 Å². The topological polar surface area (TPSA) is 72.3 Å². The molecule has 104 valence electrons. The Balaban J connectivity index is 2.44. The van der Waals surface area contributed by atoms with Crippen molar-refractivity contribution in [2.45, 2.75) is 23.9 Å². The lowest BCUT2D eigenvalue weighted by Gasteiger charge is -2.09. The van der Waals surface area contributed by atoms with Crippen molar-refractivity contribution < 1.29 is 14.6 Å². The number of carboxylic acids is 1. The molecule has 0 unspecified atom stereocenters. The Morgan fingerprint density at radius 1 is 1.30 bits per heavy atom. The second-order valence-electron chi connectivity index (χ2n) is 4.19. The standard InChI is InChI=1S/C14H14N2O3S/c1-8-7-9(2)15-13(12(8)14(17)18)20-11-6-4-5-10(16-11)19-3/h4-7H,1-3H3,(H,17,18). The number of hydrogen-bond donors (Lipinski definition) is 1. The van der Waals surface area contributed by atoms with Gasteiger partial charge in [-0.3, -0.25) is 0 Å². The summed E-state index contributed by atoms with van der Waals surface area (Å²) in [6.45, 7) is 3.60. The first-order valence-electron chi connectivity index (χ1n) is 5.91. The molecule has 1 N–H and O–H groups in total. The number of carboxylic acid groups (broad SMARTS) is 1. The highest BCUT2D eigenvalue weighted by Gasteiger charge is 2.17. The molecule has 0 aliphatic rings. The predicted octanol–water partition coefficient (Wildman–Crippen LogP) is 2.95. The highest BCUT2D eigenvalue weighted by molar-refractivity contribution is 7.99. The SMILES string of the molecule is COc1cccc(Sc2nc(C)cc(C)c2C(=O)O)n1. The minimum atomic E-state index is -0.986. The average molecular weight is 290 g/mol. The van der Waals surface area contributed by atoms with Gasteiger partial charge in [0.25, 0.3) is 0 Å². The van der Waals surface area contributed by atoms with Crippen molar-refractivity contribution in [1.29, 1.82) is 0 Å². The first-order chi connectivity index (χ1) is 9.51. The van der Waals surface area contributed by atoms with Gasteiger partial charge >= 0.3 is 5.97 Å². The molecule has 0 aromatic carbocycles. The van der Waals surface area contributed by atoms with Gasteiger partial charge in [0.1, 0.15) is 10.1 Å². The summed E-state index contributed by atoms with van der Waals surface area (Å²) in [7, 11) is 1.54. The van der Waals surface area contributed by atoms with Crippen molar-refractivity contribution >= 4 is 17.7 Å². The molecule has 0 fully saturated rings. The normalized spacial score (nSPS) is 10.3. The number of rotatable bonds is 4. The third-order valence-corrected chi connectivity index (χ3v) is 3.56. The Labute approximate surface area is 121 Å². The van der Waals surface area contributed by atoms with Gasteiger partial charge in [0, 0.05) is 11.8 Å². The summed E-state index contributed by atoms with van der Waals surface area (Å²) in [5.74, 6) is -0.503. The van der Waals surface area contributed by atoms with Gasteiger partial charge in [-0.1, -0.05) is 6.07 Å². The predicted molar refractivity (Wildman–Crippen MR) is 75.6 cm³/mol. The van der Waals surface area contributed by atoms with Crippen LogP contribution in [0, 0.1) is 13.8 Å². The van der Waals surface area contributed by atoms with Gasteiger partial charge in [-0.2, -0.15) is 0 Å². The average Bonchev–Trinajstić information content (AvgIpc) is 2.37. The quantitative estimate of drug-likeness (QED) is 0.933. The molecule has 6 heteroatoms. The minimum Gasteiger partial charge on any atom is -0.481 e. The van der Waals surface area contributed by atoms with Gasteiger partial charge in [0.2, 0.25) is 5.88 Å². The fraction of sp³-hybridized carbons (Fsp3) is 0.214. The number of hydrogen-bond acceptors (Lipinski definition) is 5. The lowest BCUT2D eigenvalue weighted by Crippen LogP contribution is -2.05. The van der Waals surface area contributed by atoms with Crippen LogP contribution in [0.2, 0.25) is 0 Å². The van der Waals surface area contributed by atoms with Crippen LogP contribution in [0.5, 0.6) is 5.88 Å². The van der Waals surface area contributed by atoms with Crippen LogP contribution in [-0.2, 0) is 0 Å². The van der Waals surface area contributed by atoms with Crippen LogP contribution >= 0.6 is 11.8 Å². The Bertz CT molecular complexity index is 659. The second-order valence-corrected chi connectivity index (χ2v) is 5.20. The molecule has 20 heavy (non-hydrogen) atoms. The van der Waals surface area contributed by atoms with Crippen LogP contribution in [0.1, 0.15) is 21.6 Å². The lowest BCUT2D eigenvalue weighted by atomic mass is 10.1. The van der Waals surface area contributed by atoms with E-state index in [1.54, 1.807) is 31.2 Å². The van der Waals surface area contributed by atoms with E-state index < -0.39 is 5.97 Å². The molecule has 2 rings (SSSR count). The molecular weight excluding hydrogens is 276 g/mol. The van der Waals surface area contributed by atoms with E-state index in [1.165, 1.54) is 18.9 Å². The van der Waals surface area contributed by atoms with Crippen molar-refractivity contribution in [3.05, 3.63) is 41.1 Å². The maximum Gasteiger partial charge on any atom is 0.338 e. The fourth-order valence-corrected chi connectivity index (χ4v) is 2.82. The Morgan fingerprint density at radius 3 is 2.70 bits per heavy atom. The van der Waals surface area contributed by atoms with Crippen molar-refractivity contribution in [1.82, 2.24) is 9.97 Å². The van der Waals surface area contributed by atoms with Gasteiger partial charge in [-0.05, 0) is 43.3 Å². The molecule has 0 atom stereocenters. The molecule has 2 aromatic heterocycles. The number of methoxy groups -OCH3 is 1. The number of carbonyl (C=O) groups is 1. The van der Waals surface area contributed by atoms with Crippen molar-refractivity contribution in [3.8, 4) is 5.88 Å². The first kappa shape index (κ1) is 14.3. The van der Waals surface area contributed by atoms with E-state index in [4.69, 9.17) is 4.74 Å². The van der Waals surface area contributed by atoms with Gasteiger partial charge in [0.05, 0.1) is 12.7 Å². The molecule has 0 bridgehead atoms. The molecule has 5 nitrogen and oxygen atoms in total. The zero-order valence-electron chi connectivity index (χ0n) is 11.4. The Hall–Kier alpha value is -2.08. The van der Waals surface area contributed by atoms with Crippen LogP contribution in [-0.4, -0.2) is 28.2 Å². The highest BCUT2D eigenvalue weighted by Crippen LogP contribution is 2.30. The summed E-state index contributed by atoms with van der Waals surface area (Å²) >= 11 is 1.22. The first-order valence-corrected chi connectivity index (χ1v) is 6.73. The van der Waals surface area contributed by atoms with E-state index in [9.17, 15) is 9.90 Å². The zero-order valence-corrected chi connectivity index (χ0v) is 12.2. The molecular formula is C14H14N2O3S. The molecule has 2 heterocycles. The molecule has 0 aliphatic carbocycles. The van der Waals surface area contributed by atoms with E-state index in [2.05, 4.69) is 9.97 Å². The molecule has 0 spiro atoms. The molecule has 0 aliphatic heterocycles. The molecule has 0 amide bonds. The van der Waals surface area contributed by atoms with Gasteiger partial charge in [-0.25, -0.2) is 14.8 Å². The van der Waals surface area contributed by atoms with E-state index in [0.29, 0.717) is 21.5 Å². The number of nitrogens with zero attached hydrogens (tertiary/aromatic N) is 2. The van der Waals surface area contributed by atoms with Crippen LogP contribution in [0.25, 0.3) is 0 Å². The Morgan fingerprint density at radius 2 is 2.05 bits per heavy atom. The number of aromatic carboxylic acids is 1. The molecule has 0 saturated carbocycles. The van der Waals surface area contributed by atoms with Crippen LogP contribution < -0.4 is 4.74 Å². The number of aryl methyl sites for hydroxylation is 2. The molecule has 0 saturated heterocycles. The van der Waals surface area contributed by atoms with E-state index in [1.807, 2.05) is 6.92 Å². The van der Waals surface area contributed by atoms with Crippen molar-refractivity contribution in [3.63, 3.8) is 0 Å². The highest BCUT2D eigenvalue weighted by atomic mass is 32.2. The van der Waals surface area contributed by atoms with Crippen LogP contribution in [0.15, 0.2) is 34.3 Å². The summed E-state index contributed by atoms with van der Waals surface area (Å²) in [5, 5.41) is 10.4. The van der Waals surface area contributed by atoms with Gasteiger partial charge < -0.3 is 9.84 Å². The molecule has 0 radical (unpaired) electrons. The lowest BCUT2D eigenvalue weighted by molar-refractivity contribution is 0.0691. The van der Waals surface area contributed by atoms with Gasteiger partial charge in [-0.15, -0.1) is 0 Å². The summed E-state index contributed by atoms with van der Waals surface area (Å²) in [6.07, 6.45) is 0. The van der Waals surface area contributed by atoms with Crippen molar-refractivity contribution in [2.75, 3.05) is 7.11 Å². The minimum absolute atomic E-state index is 0.213. The zero-order chi connectivity index (χ0) is 14.7. The largest absolute Gasteiger partial charge is 0.481 e. The summed E-state index contributed by atoms with van der Waals surface area (Å²) in [4.78, 5) is 19.9. The third kappa shape index (κ3) is 3.08. The summed E-state index contributed by atoms with van der Waals surface area (Å²) in [5.41, 5.74) is 1.68. The van der Waals surface area contributed by atoms with E-state index in [0.717, 1.165) is 5.69 Å². The molecule has 2 aromatic rings. The van der Waals surface area contributed by atoms with E-state index in [-0.39, 0.29) is 5.56 Å². The van der Waals surface area contributed by atoms with E-state index >= 15 is 0 Å². The second kappa shape index (κ2) is 5.92. The third-order valence-electron chi connectivity index (χ3n) is 2.63. The maximum atomic E-state index is 11.4. The van der Waals surface area contributed by atoms with Gasteiger partial charge in [0.15, 0.2) is 0 Å². The number of aromatic nitrogens is 2.